The Kier molecular flexibility index (Phi) is 8.99. The third-order valence-electron chi connectivity index (χ3n) is 5.28. The number of anilines is 2. The van der Waals surface area contributed by atoms with Crippen LogP contribution in [-0.4, -0.2) is 47.1 Å². The largest absolute Gasteiger partial charge is 0.487 e. The van der Waals surface area contributed by atoms with E-state index in [-0.39, 0.29) is 45.4 Å². The van der Waals surface area contributed by atoms with Crippen LogP contribution in [0.5, 0.6) is 5.75 Å². The number of nitrogens with zero attached hydrogens (tertiary/aromatic N) is 2. The molecule has 0 aliphatic carbocycles. The lowest BCUT2D eigenvalue weighted by Gasteiger charge is -2.14. The summed E-state index contributed by atoms with van der Waals surface area (Å²) in [5.74, 6) is -2.92. The number of amides is 2. The maximum Gasteiger partial charge on any atom is 0.405 e. The number of alkyl halides is 5. The number of nitrogens with one attached hydrogen (secondary N) is 3. The van der Waals surface area contributed by atoms with Gasteiger partial charge in [-0.3, -0.25) is 9.59 Å². The Hall–Kier alpha value is -3.94. The zero-order chi connectivity index (χ0) is 29.1. The second-order valence-electron chi connectivity index (χ2n) is 8.31. The van der Waals surface area contributed by atoms with Gasteiger partial charge in [0.15, 0.2) is 5.82 Å². The molecule has 2 amide bonds. The zero-order valence-electron chi connectivity index (χ0n) is 20.5. The van der Waals surface area contributed by atoms with Crippen LogP contribution in [0, 0.1) is 5.82 Å². The van der Waals surface area contributed by atoms with Crippen LogP contribution < -0.4 is 20.7 Å². The van der Waals surface area contributed by atoms with Gasteiger partial charge in [0.05, 0.1) is 27.3 Å². The summed E-state index contributed by atoms with van der Waals surface area (Å²) in [5, 5.41) is 6.83. The normalized spacial score (nSPS) is 11.5. The molecule has 39 heavy (non-hydrogen) atoms. The quantitative estimate of drug-likeness (QED) is 0.226. The van der Waals surface area contributed by atoms with Crippen molar-refractivity contribution in [1.82, 2.24) is 20.2 Å². The van der Waals surface area contributed by atoms with Crippen LogP contribution in [0.2, 0.25) is 5.02 Å². The first kappa shape index (κ1) is 29.6. The van der Waals surface area contributed by atoms with Gasteiger partial charge in [-0.05, 0) is 19.1 Å². The smallest absolute Gasteiger partial charge is 0.405 e. The van der Waals surface area contributed by atoms with Crippen LogP contribution in [0.25, 0.3) is 11.0 Å². The fourth-order valence-electron chi connectivity index (χ4n) is 3.34. The van der Waals surface area contributed by atoms with Gasteiger partial charge >= 0.3 is 6.18 Å². The van der Waals surface area contributed by atoms with Gasteiger partial charge in [0.25, 0.3) is 12.3 Å². The molecule has 3 aromatic rings. The van der Waals surface area contributed by atoms with Crippen molar-refractivity contribution in [3.8, 4) is 5.75 Å². The van der Waals surface area contributed by atoms with Gasteiger partial charge in [-0.25, -0.2) is 18.2 Å². The molecule has 0 atom stereocenters. The maximum atomic E-state index is 15.3. The van der Waals surface area contributed by atoms with Crippen molar-refractivity contribution >= 4 is 46.1 Å². The number of halogens is 7. The Morgan fingerprint density at radius 3 is 2.51 bits per heavy atom. The lowest BCUT2D eigenvalue weighted by molar-refractivity contribution is -0.123. The molecular formula is C24H22ClF6N5O3. The van der Waals surface area contributed by atoms with E-state index in [0.29, 0.717) is 0 Å². The van der Waals surface area contributed by atoms with Crippen LogP contribution in [-0.2, 0) is 18.4 Å². The number of fused-ring (bicyclic) bond motifs is 1. The summed E-state index contributed by atoms with van der Waals surface area (Å²) in [6, 6.07) is 4.97. The Bertz CT molecular complexity index is 1420. The van der Waals surface area contributed by atoms with Crippen LogP contribution in [0.1, 0.15) is 22.8 Å². The van der Waals surface area contributed by atoms with Crippen molar-refractivity contribution in [2.24, 2.45) is 7.05 Å². The van der Waals surface area contributed by atoms with E-state index in [1.165, 1.54) is 30.7 Å². The molecule has 1 aromatic heterocycles. The minimum absolute atomic E-state index is 0.0124. The molecule has 210 valence electrons. The van der Waals surface area contributed by atoms with Gasteiger partial charge in [-0.2, -0.15) is 13.2 Å². The number of carbonyl (C=O) groups is 2. The molecular weight excluding hydrogens is 556 g/mol. The summed E-state index contributed by atoms with van der Waals surface area (Å²) < 4.78 is 84.9. The summed E-state index contributed by atoms with van der Waals surface area (Å²) in [4.78, 5) is 28.4. The molecule has 3 rings (SSSR count). The van der Waals surface area contributed by atoms with Crippen molar-refractivity contribution in [2.45, 2.75) is 26.1 Å². The number of benzene rings is 2. The van der Waals surface area contributed by atoms with Crippen LogP contribution >= 0.6 is 11.6 Å². The zero-order valence-corrected chi connectivity index (χ0v) is 21.2. The van der Waals surface area contributed by atoms with Gasteiger partial charge in [0.1, 0.15) is 18.9 Å². The van der Waals surface area contributed by atoms with Crippen molar-refractivity contribution in [3.05, 3.63) is 58.4 Å². The second-order valence-corrected chi connectivity index (χ2v) is 8.72. The SMILES string of the molecule is C=C(C)C(=O)NCc1ccc(Cl)c(Nc2nc3cc(C(=O)NCC(F)(F)F)c(OCC(F)F)cc3n2C)c1F. The fourth-order valence-corrected chi connectivity index (χ4v) is 3.53. The third kappa shape index (κ3) is 7.34. The lowest BCUT2D eigenvalue weighted by Crippen LogP contribution is -2.34. The molecule has 1 heterocycles. The van der Waals surface area contributed by atoms with Gasteiger partial charge in [-0.15, -0.1) is 0 Å². The van der Waals surface area contributed by atoms with Crippen LogP contribution in [0.3, 0.4) is 0 Å². The number of aromatic nitrogens is 2. The van der Waals surface area contributed by atoms with E-state index in [9.17, 15) is 31.5 Å². The molecule has 0 radical (unpaired) electrons. The number of ether oxygens (including phenoxy) is 1. The van der Waals surface area contributed by atoms with Gasteiger partial charge in [0.2, 0.25) is 11.9 Å². The van der Waals surface area contributed by atoms with E-state index in [4.69, 9.17) is 16.3 Å². The number of hydrogen-bond acceptors (Lipinski definition) is 5. The highest BCUT2D eigenvalue weighted by molar-refractivity contribution is 6.33. The Morgan fingerprint density at radius 1 is 1.21 bits per heavy atom. The highest BCUT2D eigenvalue weighted by atomic mass is 35.5. The van der Waals surface area contributed by atoms with Crippen molar-refractivity contribution in [2.75, 3.05) is 18.5 Å². The number of aryl methyl sites for hydroxylation is 1. The monoisotopic (exact) mass is 577 g/mol. The van der Waals surface area contributed by atoms with Gasteiger partial charge in [0, 0.05) is 30.8 Å². The van der Waals surface area contributed by atoms with Crippen molar-refractivity contribution in [1.29, 1.82) is 0 Å². The number of hydrogen-bond donors (Lipinski definition) is 3. The van der Waals surface area contributed by atoms with E-state index >= 15 is 4.39 Å². The van der Waals surface area contributed by atoms with E-state index in [1.54, 1.807) is 5.32 Å². The topological polar surface area (TPSA) is 97.3 Å². The molecule has 8 nitrogen and oxygen atoms in total. The standard InChI is InChI=1S/C24H22ClF6N5O3/c1-11(2)21(37)32-8-12-4-5-14(25)20(19(12)28)35-23-34-15-6-13(22(38)33-10-24(29,30)31)17(39-9-18(26)27)7-16(15)36(23)3/h4-7,18H,1,8-10H2,2-3H3,(H,32,37)(H,33,38)(H,34,35). The minimum atomic E-state index is -4.71. The van der Waals surface area contributed by atoms with Gasteiger partial charge in [-0.1, -0.05) is 24.2 Å². The molecule has 0 bridgehead atoms. The predicted octanol–water partition coefficient (Wildman–Crippen LogP) is 5.24. The van der Waals surface area contributed by atoms with Crippen molar-refractivity contribution in [3.63, 3.8) is 0 Å². The maximum absolute atomic E-state index is 15.3. The van der Waals surface area contributed by atoms with E-state index in [2.05, 4.69) is 22.2 Å². The molecule has 2 aromatic carbocycles. The fraction of sp³-hybridized carbons (Fsp3) is 0.292. The summed E-state index contributed by atoms with van der Waals surface area (Å²) in [6.45, 7) is 2.03. The Labute approximate surface area is 223 Å². The number of rotatable bonds is 10. The molecule has 0 saturated heterocycles. The van der Waals surface area contributed by atoms with E-state index < -0.39 is 54.7 Å². The molecule has 15 heteroatoms. The summed E-state index contributed by atoms with van der Waals surface area (Å²) in [7, 11) is 1.47. The molecule has 0 fully saturated rings. The Morgan fingerprint density at radius 2 is 1.90 bits per heavy atom. The molecule has 0 aliphatic heterocycles. The molecule has 3 N–H and O–H groups in total. The van der Waals surface area contributed by atoms with E-state index in [0.717, 1.165) is 12.1 Å². The minimum Gasteiger partial charge on any atom is -0.487 e. The second kappa shape index (κ2) is 11.8. The van der Waals surface area contributed by atoms with Gasteiger partial charge < -0.3 is 25.3 Å². The van der Waals surface area contributed by atoms with E-state index in [1.807, 2.05) is 0 Å². The first-order valence-corrected chi connectivity index (χ1v) is 11.5. The third-order valence-corrected chi connectivity index (χ3v) is 5.59. The first-order chi connectivity index (χ1) is 18.2. The number of carbonyl (C=O) groups excluding carboxylic acids is 2. The Balaban J connectivity index is 1.99. The molecule has 0 unspecified atom stereocenters. The predicted molar refractivity (Wildman–Crippen MR) is 132 cm³/mol. The summed E-state index contributed by atoms with van der Waals surface area (Å²) in [5.41, 5.74) is -0.0724. The molecule has 0 saturated carbocycles. The first-order valence-electron chi connectivity index (χ1n) is 11.1. The van der Waals surface area contributed by atoms with Crippen molar-refractivity contribution < 1.29 is 40.7 Å². The van der Waals surface area contributed by atoms with Crippen LogP contribution in [0.4, 0.5) is 38.0 Å². The number of imidazole rings is 1. The molecule has 0 aliphatic rings. The highest BCUT2D eigenvalue weighted by Crippen LogP contribution is 2.33. The summed E-state index contributed by atoms with van der Waals surface area (Å²) in [6.07, 6.45) is -7.63. The van der Waals surface area contributed by atoms with Crippen LogP contribution in [0.15, 0.2) is 36.4 Å². The average Bonchev–Trinajstić information content (AvgIpc) is 3.16. The summed E-state index contributed by atoms with van der Waals surface area (Å²) >= 11 is 6.17. The average molecular weight is 578 g/mol. The molecule has 0 spiro atoms. The lowest BCUT2D eigenvalue weighted by atomic mass is 10.1. The highest BCUT2D eigenvalue weighted by Gasteiger charge is 2.29.